The van der Waals surface area contributed by atoms with Gasteiger partial charge < -0.3 is 14.6 Å². The molecule has 30 heavy (non-hydrogen) atoms. The zero-order chi connectivity index (χ0) is 22.2. The molecular weight excluding hydrogens is 382 g/mol. The van der Waals surface area contributed by atoms with Crippen molar-refractivity contribution in [1.82, 2.24) is 4.98 Å². The number of benzene rings is 2. The van der Waals surface area contributed by atoms with Crippen LogP contribution in [0.1, 0.15) is 55.0 Å². The van der Waals surface area contributed by atoms with Crippen LogP contribution in [0.25, 0.3) is 21.5 Å². The first-order valence-corrected chi connectivity index (χ1v) is 9.97. The maximum absolute atomic E-state index is 12.7. The van der Waals surface area contributed by atoms with E-state index in [0.717, 1.165) is 5.39 Å². The molecule has 0 aliphatic carbocycles. The van der Waals surface area contributed by atoms with Gasteiger partial charge in [-0.15, -0.1) is 0 Å². The summed E-state index contributed by atoms with van der Waals surface area (Å²) in [5, 5.41) is 13.7. The van der Waals surface area contributed by atoms with Gasteiger partial charge in [-0.3, -0.25) is 9.78 Å². The summed E-state index contributed by atoms with van der Waals surface area (Å²) >= 11 is 0. The summed E-state index contributed by atoms with van der Waals surface area (Å²) < 4.78 is 10.7. The largest absolute Gasteiger partial charge is 0.507 e. The van der Waals surface area contributed by atoms with Crippen LogP contribution in [0.3, 0.4) is 0 Å². The van der Waals surface area contributed by atoms with E-state index in [2.05, 4.69) is 4.98 Å². The predicted molar refractivity (Wildman–Crippen MR) is 116 cm³/mol. The van der Waals surface area contributed by atoms with E-state index in [1.807, 2.05) is 24.3 Å². The maximum atomic E-state index is 12.7. The second kappa shape index (κ2) is 7.94. The fraction of sp³-hybridized carbons (Fsp3) is 0.375. The minimum atomic E-state index is -0.634. The Hall–Kier alpha value is -3.15. The van der Waals surface area contributed by atoms with Crippen molar-refractivity contribution in [2.24, 2.45) is 0 Å². The highest BCUT2D eigenvalue weighted by Crippen LogP contribution is 2.41. The lowest BCUT2D eigenvalue weighted by Crippen LogP contribution is -2.25. The van der Waals surface area contributed by atoms with E-state index in [1.54, 1.807) is 41.5 Å². The van der Waals surface area contributed by atoms with Crippen LogP contribution in [-0.2, 0) is 20.7 Å². The van der Waals surface area contributed by atoms with E-state index in [0.29, 0.717) is 38.7 Å². The average molecular weight is 409 g/mol. The number of hydrogen-bond donors (Lipinski definition) is 1. The van der Waals surface area contributed by atoms with Gasteiger partial charge in [0.1, 0.15) is 11.4 Å². The summed E-state index contributed by atoms with van der Waals surface area (Å²) in [7, 11) is 0. The van der Waals surface area contributed by atoms with E-state index in [4.69, 9.17) is 9.47 Å². The molecule has 1 heterocycles. The number of aromatic nitrogens is 1. The first kappa shape index (κ1) is 21.6. The molecule has 1 aromatic heterocycles. The van der Waals surface area contributed by atoms with Crippen molar-refractivity contribution >= 4 is 33.5 Å². The van der Waals surface area contributed by atoms with Gasteiger partial charge in [0.25, 0.3) is 0 Å². The maximum Gasteiger partial charge on any atom is 0.340 e. The molecular formula is C24H27NO5. The number of ether oxygens (including phenoxy) is 2. The van der Waals surface area contributed by atoms with Crippen molar-refractivity contribution in [3.05, 3.63) is 46.8 Å². The molecule has 3 rings (SSSR count). The summed E-state index contributed by atoms with van der Waals surface area (Å²) in [6, 6.07) is 7.39. The fourth-order valence-corrected chi connectivity index (χ4v) is 3.81. The van der Waals surface area contributed by atoms with E-state index < -0.39 is 17.5 Å². The lowest BCUT2D eigenvalue weighted by Gasteiger charge is -2.21. The first-order valence-electron chi connectivity index (χ1n) is 9.97. The minimum Gasteiger partial charge on any atom is -0.507 e. The zero-order valence-corrected chi connectivity index (χ0v) is 18.3. The molecule has 158 valence electrons. The summed E-state index contributed by atoms with van der Waals surface area (Å²) in [4.78, 5) is 29.8. The number of aromatic hydroxyl groups is 1. The summed E-state index contributed by atoms with van der Waals surface area (Å²) in [5.74, 6) is -0.993. The standard InChI is InChI=1S/C24H27NO5/c1-7-29-23(28)20-14(3)25-13(2)19-21(20)16-11-9-8-10-15(16)17(22(19)27)12-18(26)30-24(4,5)6/h8-11,27H,7,12H2,1-6H3. The lowest BCUT2D eigenvalue weighted by atomic mass is 9.90. The number of esters is 2. The van der Waals surface area contributed by atoms with Gasteiger partial charge >= 0.3 is 11.9 Å². The highest BCUT2D eigenvalue weighted by Gasteiger charge is 2.26. The number of carbonyl (C=O) groups is 2. The summed E-state index contributed by atoms with van der Waals surface area (Å²) in [6.07, 6.45) is -0.0956. The number of phenols is 1. The lowest BCUT2D eigenvalue weighted by molar-refractivity contribution is -0.153. The van der Waals surface area contributed by atoms with Gasteiger partial charge in [-0.25, -0.2) is 4.79 Å². The van der Waals surface area contributed by atoms with Crippen molar-refractivity contribution in [2.45, 2.75) is 53.6 Å². The molecule has 6 heteroatoms. The number of rotatable bonds is 4. The molecule has 0 atom stereocenters. The third-order valence-electron chi connectivity index (χ3n) is 4.82. The smallest absolute Gasteiger partial charge is 0.340 e. The highest BCUT2D eigenvalue weighted by molar-refractivity contribution is 6.20. The van der Waals surface area contributed by atoms with Crippen molar-refractivity contribution < 1.29 is 24.2 Å². The van der Waals surface area contributed by atoms with Crippen LogP contribution in [-0.4, -0.2) is 34.2 Å². The Morgan fingerprint density at radius 2 is 1.67 bits per heavy atom. The van der Waals surface area contributed by atoms with Crippen LogP contribution < -0.4 is 0 Å². The van der Waals surface area contributed by atoms with Crippen molar-refractivity contribution in [2.75, 3.05) is 6.61 Å². The Kier molecular flexibility index (Phi) is 5.70. The number of hydrogen-bond acceptors (Lipinski definition) is 6. The van der Waals surface area contributed by atoms with Crippen molar-refractivity contribution in [1.29, 1.82) is 0 Å². The summed E-state index contributed by atoms with van der Waals surface area (Å²) in [6.45, 7) is 10.9. The Bertz CT molecular complexity index is 1160. The van der Waals surface area contributed by atoms with E-state index in [9.17, 15) is 14.7 Å². The SMILES string of the molecule is CCOC(=O)c1c(C)nc(C)c2c(O)c(CC(=O)OC(C)(C)C)c3ccccc3c12. The number of phenolic OH excluding ortho intramolecular Hbond substituents is 1. The molecule has 0 bridgehead atoms. The van der Waals surface area contributed by atoms with Gasteiger partial charge in [0.15, 0.2) is 0 Å². The number of fused-ring (bicyclic) bond motifs is 3. The molecule has 1 N–H and O–H groups in total. The number of nitrogens with zero attached hydrogens (tertiary/aromatic N) is 1. The molecule has 0 saturated heterocycles. The number of aryl methyl sites for hydroxylation is 2. The van der Waals surface area contributed by atoms with Crippen molar-refractivity contribution in [3.8, 4) is 5.75 Å². The topological polar surface area (TPSA) is 85.7 Å². The van der Waals surface area contributed by atoms with Crippen LogP contribution in [0.4, 0.5) is 0 Å². The monoisotopic (exact) mass is 409 g/mol. The average Bonchev–Trinajstić information content (AvgIpc) is 2.63. The minimum absolute atomic E-state index is 0.0647. The van der Waals surface area contributed by atoms with Gasteiger partial charge in [0.2, 0.25) is 0 Å². The van der Waals surface area contributed by atoms with Crippen molar-refractivity contribution in [3.63, 3.8) is 0 Å². The number of pyridine rings is 1. The van der Waals surface area contributed by atoms with E-state index in [-0.39, 0.29) is 18.8 Å². The number of carbonyl (C=O) groups excluding carboxylic acids is 2. The molecule has 0 spiro atoms. The quantitative estimate of drug-likeness (QED) is 0.493. The molecule has 0 radical (unpaired) electrons. The molecule has 0 aliphatic rings. The van der Waals surface area contributed by atoms with Crippen LogP contribution in [0, 0.1) is 13.8 Å². The Morgan fingerprint density at radius 1 is 1.03 bits per heavy atom. The van der Waals surface area contributed by atoms with Gasteiger partial charge in [0.05, 0.1) is 24.3 Å². The Morgan fingerprint density at radius 3 is 2.27 bits per heavy atom. The van der Waals surface area contributed by atoms with Gasteiger partial charge in [0, 0.05) is 22.0 Å². The van der Waals surface area contributed by atoms with Crippen LogP contribution in [0.15, 0.2) is 24.3 Å². The first-order chi connectivity index (χ1) is 14.0. The predicted octanol–water partition coefficient (Wildman–Crippen LogP) is 4.77. The van der Waals surface area contributed by atoms with Gasteiger partial charge in [-0.05, 0) is 52.3 Å². The molecule has 0 aliphatic heterocycles. The Balaban J connectivity index is 2.38. The van der Waals surface area contributed by atoms with Gasteiger partial charge in [-0.2, -0.15) is 0 Å². The fourth-order valence-electron chi connectivity index (χ4n) is 3.81. The molecule has 0 amide bonds. The second-order valence-corrected chi connectivity index (χ2v) is 8.26. The van der Waals surface area contributed by atoms with Gasteiger partial charge in [-0.1, -0.05) is 24.3 Å². The molecule has 6 nitrogen and oxygen atoms in total. The highest BCUT2D eigenvalue weighted by atomic mass is 16.6. The van der Waals surface area contributed by atoms with E-state index in [1.165, 1.54) is 0 Å². The second-order valence-electron chi connectivity index (χ2n) is 8.26. The Labute approximate surface area is 175 Å². The van der Waals surface area contributed by atoms with E-state index >= 15 is 0 Å². The van der Waals surface area contributed by atoms with Crippen LogP contribution >= 0.6 is 0 Å². The summed E-state index contributed by atoms with van der Waals surface area (Å²) in [5.41, 5.74) is 1.25. The molecule has 0 unspecified atom stereocenters. The van der Waals surface area contributed by atoms with Crippen LogP contribution in [0.5, 0.6) is 5.75 Å². The molecule has 0 fully saturated rings. The van der Waals surface area contributed by atoms with Crippen LogP contribution in [0.2, 0.25) is 0 Å². The third kappa shape index (κ3) is 3.95. The zero-order valence-electron chi connectivity index (χ0n) is 18.3. The normalized spacial score (nSPS) is 11.7. The molecule has 3 aromatic rings. The molecule has 2 aromatic carbocycles. The molecule has 0 saturated carbocycles. The third-order valence-corrected chi connectivity index (χ3v) is 4.82.